The van der Waals surface area contributed by atoms with Gasteiger partial charge in [0.2, 0.25) is 0 Å². The van der Waals surface area contributed by atoms with Crippen molar-refractivity contribution >= 4 is 0 Å². The molecule has 0 unspecified atom stereocenters. The van der Waals surface area contributed by atoms with Gasteiger partial charge in [-0.3, -0.25) is 0 Å². The number of allylic oxidation sites excluding steroid dienone is 2. The molecule has 2 aromatic carbocycles. The summed E-state index contributed by atoms with van der Waals surface area (Å²) in [6.07, 6.45) is -1.20. The maximum absolute atomic E-state index is 14.2. The van der Waals surface area contributed by atoms with E-state index in [9.17, 15) is 17.6 Å². The summed E-state index contributed by atoms with van der Waals surface area (Å²) in [5, 5.41) is 0. The van der Waals surface area contributed by atoms with Crippen LogP contribution in [-0.4, -0.2) is 11.4 Å². The van der Waals surface area contributed by atoms with Crippen LogP contribution < -0.4 is 0 Å². The van der Waals surface area contributed by atoms with Gasteiger partial charge in [-0.25, -0.2) is 4.39 Å². The van der Waals surface area contributed by atoms with Crippen molar-refractivity contribution in [2.24, 2.45) is 0 Å². The Morgan fingerprint density at radius 3 is 2.35 bits per heavy atom. The average Bonchev–Trinajstić information content (AvgIpc) is 2.59. The quantitative estimate of drug-likeness (QED) is 0.528. The molecule has 0 saturated carbocycles. The van der Waals surface area contributed by atoms with Gasteiger partial charge < -0.3 is 4.90 Å². The minimum absolute atomic E-state index is 0.114. The summed E-state index contributed by atoms with van der Waals surface area (Å²) in [5.41, 5.74) is 0.717. The van der Waals surface area contributed by atoms with E-state index in [1.54, 1.807) is 0 Å². The highest BCUT2D eigenvalue weighted by Crippen LogP contribution is 2.34. The van der Waals surface area contributed by atoms with Crippen LogP contribution in [0.3, 0.4) is 0 Å². The van der Waals surface area contributed by atoms with Gasteiger partial charge in [0.1, 0.15) is 5.82 Å². The molecular weight excluding hydrogens is 342 g/mol. The van der Waals surface area contributed by atoms with Gasteiger partial charge in [0.25, 0.3) is 0 Å². The zero-order valence-corrected chi connectivity index (χ0v) is 15.0. The third kappa shape index (κ3) is 5.35. The van der Waals surface area contributed by atoms with E-state index in [0.717, 1.165) is 35.9 Å². The van der Waals surface area contributed by atoms with Crippen molar-refractivity contribution in [3.8, 4) is 0 Å². The topological polar surface area (TPSA) is 3.24 Å². The summed E-state index contributed by atoms with van der Waals surface area (Å²) in [7, 11) is 0. The molecule has 0 aliphatic rings. The molecule has 0 atom stereocenters. The van der Waals surface area contributed by atoms with E-state index in [0.29, 0.717) is 13.0 Å². The molecule has 2 rings (SSSR count). The van der Waals surface area contributed by atoms with Crippen molar-refractivity contribution in [1.29, 1.82) is 0 Å². The van der Waals surface area contributed by atoms with Crippen LogP contribution in [0.1, 0.15) is 37.0 Å². The van der Waals surface area contributed by atoms with Crippen LogP contribution in [0.25, 0.3) is 0 Å². The maximum atomic E-state index is 14.2. The first kappa shape index (κ1) is 20.0. The first-order valence-electron chi connectivity index (χ1n) is 8.63. The molecule has 0 N–H and O–H groups in total. The third-order valence-corrected chi connectivity index (χ3v) is 4.28. The van der Waals surface area contributed by atoms with Crippen molar-refractivity contribution in [2.75, 3.05) is 6.54 Å². The zero-order chi connectivity index (χ0) is 19.2. The molecule has 0 aliphatic heterocycles. The van der Waals surface area contributed by atoms with Crippen molar-refractivity contribution in [2.45, 2.75) is 39.4 Å². The van der Waals surface area contributed by atoms with E-state index in [4.69, 9.17) is 0 Å². The Bertz CT molecular complexity index is 735. The van der Waals surface area contributed by atoms with Gasteiger partial charge in [-0.15, -0.1) is 0 Å². The molecule has 0 aromatic heterocycles. The fourth-order valence-corrected chi connectivity index (χ4v) is 2.89. The normalized spacial score (nSPS) is 12.3. The number of halogens is 4. The molecule has 0 spiro atoms. The molecule has 0 aliphatic carbocycles. The van der Waals surface area contributed by atoms with Crippen molar-refractivity contribution in [1.82, 2.24) is 4.90 Å². The van der Waals surface area contributed by atoms with Gasteiger partial charge in [-0.05, 0) is 37.5 Å². The van der Waals surface area contributed by atoms with Crippen molar-refractivity contribution in [3.63, 3.8) is 0 Å². The van der Waals surface area contributed by atoms with E-state index in [2.05, 4.69) is 0 Å². The van der Waals surface area contributed by atoms with Crippen LogP contribution in [0, 0.1) is 5.82 Å². The molecule has 140 valence electrons. The summed E-state index contributed by atoms with van der Waals surface area (Å²) >= 11 is 0. The highest BCUT2D eigenvalue weighted by Gasteiger charge is 2.34. The lowest BCUT2D eigenvalue weighted by molar-refractivity contribution is -0.138. The monoisotopic (exact) mass is 365 g/mol. The summed E-state index contributed by atoms with van der Waals surface area (Å²) in [6, 6.07) is 12.8. The third-order valence-electron chi connectivity index (χ3n) is 4.28. The number of hydrogen-bond donors (Lipinski definition) is 0. The zero-order valence-electron chi connectivity index (χ0n) is 15.0. The van der Waals surface area contributed by atoms with E-state index in [1.165, 1.54) is 0 Å². The van der Waals surface area contributed by atoms with Gasteiger partial charge in [0.05, 0.1) is 5.56 Å². The Balaban J connectivity index is 2.29. The highest BCUT2D eigenvalue weighted by molar-refractivity contribution is 5.31. The second kappa shape index (κ2) is 8.88. The molecule has 1 nitrogen and oxygen atoms in total. The molecule has 0 fully saturated rings. The molecule has 26 heavy (non-hydrogen) atoms. The summed E-state index contributed by atoms with van der Waals surface area (Å²) in [4.78, 5) is 1.81. The average molecular weight is 365 g/mol. The number of rotatable bonds is 7. The molecule has 0 heterocycles. The standard InChI is InChI=1S/C21H23F4N/c1-3-8-16(2)26(14-13-17-9-5-4-6-10-17)15-18-19(21(23,24)25)11-7-12-20(18)22/h4-12H,3,13-15H2,1-2H3/b16-8-. The second-order valence-corrected chi connectivity index (χ2v) is 6.17. The predicted octanol–water partition coefficient (Wildman–Crippen LogP) is 6.20. The molecule has 5 heteroatoms. The number of benzene rings is 2. The molecule has 0 saturated heterocycles. The van der Waals surface area contributed by atoms with Crippen molar-refractivity contribution in [3.05, 3.63) is 82.8 Å². The lowest BCUT2D eigenvalue weighted by Crippen LogP contribution is -2.26. The fraction of sp³-hybridized carbons (Fsp3) is 0.333. The van der Waals surface area contributed by atoms with Crippen molar-refractivity contribution < 1.29 is 17.6 Å². The first-order chi connectivity index (χ1) is 12.3. The second-order valence-electron chi connectivity index (χ2n) is 6.17. The fourth-order valence-electron chi connectivity index (χ4n) is 2.89. The minimum Gasteiger partial charge on any atom is -0.371 e. The number of hydrogen-bond acceptors (Lipinski definition) is 1. The SMILES string of the molecule is CC/C=C(/C)N(CCc1ccccc1)Cc1c(F)cccc1C(F)(F)F. The lowest BCUT2D eigenvalue weighted by atomic mass is 10.0. The predicted molar refractivity (Wildman–Crippen MR) is 96.0 cm³/mol. The van der Waals surface area contributed by atoms with Gasteiger partial charge in [-0.1, -0.05) is 49.4 Å². The first-order valence-corrected chi connectivity index (χ1v) is 8.63. The van der Waals surface area contributed by atoms with Gasteiger partial charge in [0.15, 0.2) is 0 Å². The van der Waals surface area contributed by atoms with Gasteiger partial charge >= 0.3 is 6.18 Å². The number of alkyl halides is 3. The van der Waals surface area contributed by atoms with Gasteiger partial charge in [-0.2, -0.15) is 13.2 Å². The molecule has 0 amide bonds. The highest BCUT2D eigenvalue weighted by atomic mass is 19.4. The van der Waals surface area contributed by atoms with Crippen LogP contribution in [0.4, 0.5) is 17.6 Å². The Hall–Kier alpha value is -2.30. The summed E-state index contributed by atoms with van der Waals surface area (Å²) in [6.45, 7) is 4.21. The smallest absolute Gasteiger partial charge is 0.371 e. The Morgan fingerprint density at radius 1 is 1.04 bits per heavy atom. The molecule has 2 aromatic rings. The minimum atomic E-state index is -4.58. The number of nitrogens with zero attached hydrogens (tertiary/aromatic N) is 1. The molecular formula is C21H23F4N. The molecule has 0 radical (unpaired) electrons. The van der Waals surface area contributed by atoms with E-state index >= 15 is 0 Å². The molecule has 0 bridgehead atoms. The Labute approximate surface area is 152 Å². The van der Waals surface area contributed by atoms with Crippen LogP contribution >= 0.6 is 0 Å². The van der Waals surface area contributed by atoms with Crippen LogP contribution in [0.15, 0.2) is 60.3 Å². The van der Waals surface area contributed by atoms with E-state index < -0.39 is 17.6 Å². The van der Waals surface area contributed by atoms with Crippen LogP contribution in [0.5, 0.6) is 0 Å². The summed E-state index contributed by atoms with van der Waals surface area (Å²) in [5.74, 6) is -0.825. The van der Waals surface area contributed by atoms with Crippen LogP contribution in [0.2, 0.25) is 0 Å². The Kier molecular flexibility index (Phi) is 6.83. The van der Waals surface area contributed by atoms with E-state index in [1.807, 2.05) is 55.2 Å². The van der Waals surface area contributed by atoms with Crippen LogP contribution in [-0.2, 0) is 19.1 Å². The van der Waals surface area contributed by atoms with Gasteiger partial charge in [0, 0.05) is 24.4 Å². The summed E-state index contributed by atoms with van der Waals surface area (Å²) < 4.78 is 54.0. The Morgan fingerprint density at radius 2 is 1.73 bits per heavy atom. The largest absolute Gasteiger partial charge is 0.416 e. The van der Waals surface area contributed by atoms with E-state index in [-0.39, 0.29) is 12.1 Å². The maximum Gasteiger partial charge on any atom is 0.416 e. The lowest BCUT2D eigenvalue weighted by Gasteiger charge is -2.27.